The first-order valence-electron chi connectivity index (χ1n) is 5.79. The van der Waals surface area contributed by atoms with Crippen LogP contribution in [-0.4, -0.2) is 19.8 Å². The third kappa shape index (κ3) is 3.30. The third-order valence-electron chi connectivity index (χ3n) is 3.08. The zero-order valence-corrected chi connectivity index (χ0v) is 11.2. The van der Waals surface area contributed by atoms with Crippen molar-refractivity contribution in [1.29, 1.82) is 0 Å². The second-order valence-electron chi connectivity index (χ2n) is 4.43. The molecule has 1 aromatic rings. The van der Waals surface area contributed by atoms with Crippen LogP contribution in [0.3, 0.4) is 0 Å². The predicted octanol–water partition coefficient (Wildman–Crippen LogP) is 2.88. The van der Waals surface area contributed by atoms with Crippen molar-refractivity contribution in [3.05, 3.63) is 33.8 Å². The van der Waals surface area contributed by atoms with Crippen molar-refractivity contribution in [2.75, 3.05) is 19.8 Å². The van der Waals surface area contributed by atoms with Crippen LogP contribution in [0.4, 0.5) is 0 Å². The number of ether oxygens (including phenoxy) is 1. The lowest BCUT2D eigenvalue weighted by Gasteiger charge is -2.11. The number of aryl methyl sites for hydroxylation is 1. The van der Waals surface area contributed by atoms with Gasteiger partial charge in [0.15, 0.2) is 0 Å². The van der Waals surface area contributed by atoms with Crippen LogP contribution in [-0.2, 0) is 11.3 Å². The van der Waals surface area contributed by atoms with Gasteiger partial charge >= 0.3 is 0 Å². The SMILES string of the molecule is Cc1cc(Br)ccc1CNCC1CCOC1. The maximum absolute atomic E-state index is 5.35. The van der Waals surface area contributed by atoms with Gasteiger partial charge < -0.3 is 10.1 Å². The summed E-state index contributed by atoms with van der Waals surface area (Å²) in [7, 11) is 0. The Balaban J connectivity index is 1.80. The summed E-state index contributed by atoms with van der Waals surface area (Å²) in [5.41, 5.74) is 2.71. The standard InChI is InChI=1S/C13H18BrNO/c1-10-6-13(14)3-2-12(10)8-15-7-11-4-5-16-9-11/h2-3,6,11,15H,4-5,7-9H2,1H3. The minimum absolute atomic E-state index is 0.704. The molecule has 1 aliphatic rings. The zero-order valence-electron chi connectivity index (χ0n) is 9.63. The Bertz CT molecular complexity index is 348. The van der Waals surface area contributed by atoms with E-state index < -0.39 is 0 Å². The fourth-order valence-electron chi connectivity index (χ4n) is 2.01. The van der Waals surface area contributed by atoms with E-state index in [2.05, 4.69) is 46.4 Å². The van der Waals surface area contributed by atoms with E-state index in [-0.39, 0.29) is 0 Å². The lowest BCUT2D eigenvalue weighted by atomic mass is 10.1. The molecule has 0 aromatic heterocycles. The molecule has 0 aliphatic carbocycles. The van der Waals surface area contributed by atoms with Crippen LogP contribution in [0.1, 0.15) is 17.5 Å². The molecule has 0 spiro atoms. The summed E-state index contributed by atoms with van der Waals surface area (Å²) < 4.78 is 6.50. The Morgan fingerprint density at radius 2 is 2.38 bits per heavy atom. The second kappa shape index (κ2) is 5.80. The van der Waals surface area contributed by atoms with Crippen LogP contribution in [0.25, 0.3) is 0 Å². The van der Waals surface area contributed by atoms with Crippen molar-refractivity contribution in [1.82, 2.24) is 5.32 Å². The summed E-state index contributed by atoms with van der Waals surface area (Å²) in [6, 6.07) is 6.44. The molecule has 1 heterocycles. The molecule has 1 fully saturated rings. The van der Waals surface area contributed by atoms with Crippen LogP contribution in [0, 0.1) is 12.8 Å². The van der Waals surface area contributed by atoms with Crippen molar-refractivity contribution < 1.29 is 4.74 Å². The lowest BCUT2D eigenvalue weighted by molar-refractivity contribution is 0.185. The molecule has 16 heavy (non-hydrogen) atoms. The number of halogens is 1. The van der Waals surface area contributed by atoms with Crippen molar-refractivity contribution in [2.45, 2.75) is 19.9 Å². The third-order valence-corrected chi connectivity index (χ3v) is 3.57. The molecule has 3 heteroatoms. The van der Waals surface area contributed by atoms with E-state index in [0.717, 1.165) is 30.8 Å². The summed E-state index contributed by atoms with van der Waals surface area (Å²) in [5.74, 6) is 0.704. The van der Waals surface area contributed by atoms with E-state index in [4.69, 9.17) is 4.74 Å². The van der Waals surface area contributed by atoms with Gasteiger partial charge in [0.2, 0.25) is 0 Å². The molecule has 1 aromatic carbocycles. The van der Waals surface area contributed by atoms with E-state index in [0.29, 0.717) is 5.92 Å². The largest absolute Gasteiger partial charge is 0.381 e. The summed E-state index contributed by atoms with van der Waals surface area (Å²) in [5, 5.41) is 3.51. The minimum atomic E-state index is 0.704. The van der Waals surface area contributed by atoms with Gasteiger partial charge in [-0.25, -0.2) is 0 Å². The summed E-state index contributed by atoms with van der Waals surface area (Å²) in [4.78, 5) is 0. The van der Waals surface area contributed by atoms with E-state index in [1.54, 1.807) is 0 Å². The lowest BCUT2D eigenvalue weighted by Crippen LogP contribution is -2.22. The molecule has 0 amide bonds. The van der Waals surface area contributed by atoms with Crippen LogP contribution in [0.5, 0.6) is 0 Å². The van der Waals surface area contributed by atoms with E-state index in [9.17, 15) is 0 Å². The fraction of sp³-hybridized carbons (Fsp3) is 0.538. The van der Waals surface area contributed by atoms with Gasteiger partial charge in [0, 0.05) is 24.2 Å². The van der Waals surface area contributed by atoms with Crippen LogP contribution in [0.15, 0.2) is 22.7 Å². The Labute approximate surface area is 106 Å². The van der Waals surface area contributed by atoms with Gasteiger partial charge in [-0.3, -0.25) is 0 Å². The summed E-state index contributed by atoms with van der Waals surface area (Å²) >= 11 is 3.48. The first-order valence-corrected chi connectivity index (χ1v) is 6.58. The molecule has 1 unspecified atom stereocenters. The molecule has 88 valence electrons. The molecule has 1 N–H and O–H groups in total. The number of nitrogens with one attached hydrogen (secondary N) is 1. The smallest absolute Gasteiger partial charge is 0.0507 e. The van der Waals surface area contributed by atoms with Gasteiger partial charge in [0.1, 0.15) is 0 Å². The van der Waals surface area contributed by atoms with Crippen LogP contribution in [0.2, 0.25) is 0 Å². The van der Waals surface area contributed by atoms with Crippen LogP contribution >= 0.6 is 15.9 Å². The van der Waals surface area contributed by atoms with Crippen molar-refractivity contribution in [3.63, 3.8) is 0 Å². The predicted molar refractivity (Wildman–Crippen MR) is 69.5 cm³/mol. The van der Waals surface area contributed by atoms with E-state index >= 15 is 0 Å². The Kier molecular flexibility index (Phi) is 4.38. The fourth-order valence-corrected chi connectivity index (χ4v) is 2.49. The van der Waals surface area contributed by atoms with Gasteiger partial charge in [0.25, 0.3) is 0 Å². The average Bonchev–Trinajstić information content (AvgIpc) is 2.74. The van der Waals surface area contributed by atoms with Crippen LogP contribution < -0.4 is 5.32 Å². The first kappa shape index (κ1) is 12.1. The Morgan fingerprint density at radius 3 is 3.06 bits per heavy atom. The molecule has 0 bridgehead atoms. The molecule has 2 rings (SSSR count). The number of rotatable bonds is 4. The second-order valence-corrected chi connectivity index (χ2v) is 5.35. The van der Waals surface area contributed by atoms with Crippen molar-refractivity contribution in [2.24, 2.45) is 5.92 Å². The number of benzene rings is 1. The average molecular weight is 284 g/mol. The van der Waals surface area contributed by atoms with Crippen molar-refractivity contribution in [3.8, 4) is 0 Å². The number of hydrogen-bond acceptors (Lipinski definition) is 2. The van der Waals surface area contributed by atoms with Gasteiger partial charge in [-0.05, 0) is 42.5 Å². The molecule has 1 aliphatic heterocycles. The van der Waals surface area contributed by atoms with Gasteiger partial charge in [-0.2, -0.15) is 0 Å². The highest BCUT2D eigenvalue weighted by Crippen LogP contribution is 2.16. The van der Waals surface area contributed by atoms with Gasteiger partial charge in [-0.1, -0.05) is 22.0 Å². The topological polar surface area (TPSA) is 21.3 Å². The van der Waals surface area contributed by atoms with Gasteiger partial charge in [0.05, 0.1) is 6.61 Å². The first-order chi connectivity index (χ1) is 7.75. The molecule has 0 saturated carbocycles. The monoisotopic (exact) mass is 283 g/mol. The summed E-state index contributed by atoms with van der Waals surface area (Å²) in [6.45, 7) is 6.03. The van der Waals surface area contributed by atoms with E-state index in [1.165, 1.54) is 17.5 Å². The quantitative estimate of drug-likeness (QED) is 0.918. The Morgan fingerprint density at radius 1 is 1.50 bits per heavy atom. The molecular formula is C13H18BrNO. The maximum Gasteiger partial charge on any atom is 0.0507 e. The highest BCUT2D eigenvalue weighted by molar-refractivity contribution is 9.10. The molecule has 1 atom stereocenters. The summed E-state index contributed by atoms with van der Waals surface area (Å²) in [6.07, 6.45) is 1.20. The highest BCUT2D eigenvalue weighted by atomic mass is 79.9. The molecule has 0 radical (unpaired) electrons. The normalized spacial score (nSPS) is 20.2. The highest BCUT2D eigenvalue weighted by Gasteiger charge is 2.14. The molecular weight excluding hydrogens is 266 g/mol. The molecule has 2 nitrogen and oxygen atoms in total. The van der Waals surface area contributed by atoms with E-state index in [1.807, 2.05) is 0 Å². The minimum Gasteiger partial charge on any atom is -0.381 e. The zero-order chi connectivity index (χ0) is 11.4. The Hall–Kier alpha value is -0.380. The van der Waals surface area contributed by atoms with Crippen molar-refractivity contribution >= 4 is 15.9 Å². The maximum atomic E-state index is 5.35. The molecule has 1 saturated heterocycles. The number of hydrogen-bond donors (Lipinski definition) is 1. The van der Waals surface area contributed by atoms with Gasteiger partial charge in [-0.15, -0.1) is 0 Å².